The Kier molecular flexibility index (Phi) is 3.11. The van der Waals surface area contributed by atoms with Gasteiger partial charge in [0.2, 0.25) is 0 Å². The van der Waals surface area contributed by atoms with E-state index in [4.69, 9.17) is 20.8 Å². The third kappa shape index (κ3) is 1.95. The highest BCUT2D eigenvalue weighted by Gasteiger charge is 2.27. The summed E-state index contributed by atoms with van der Waals surface area (Å²) in [6, 6.07) is 3.91. The first kappa shape index (κ1) is 10.0. The zero-order chi connectivity index (χ0) is 9.97. The van der Waals surface area contributed by atoms with Gasteiger partial charge in [-0.15, -0.1) is 0 Å². The fourth-order valence-corrected chi connectivity index (χ4v) is 2.07. The third-order valence-electron chi connectivity index (χ3n) is 2.65. The molecule has 14 heavy (non-hydrogen) atoms. The molecule has 2 heterocycles. The van der Waals surface area contributed by atoms with Gasteiger partial charge in [-0.1, -0.05) is 0 Å². The highest BCUT2D eigenvalue weighted by molar-refractivity contribution is 6.28. The Labute approximate surface area is 88.4 Å². The minimum Gasteiger partial charge on any atom is -0.448 e. The van der Waals surface area contributed by atoms with Crippen LogP contribution < -0.4 is 5.32 Å². The quantitative estimate of drug-likeness (QED) is 0.840. The molecule has 0 spiro atoms. The summed E-state index contributed by atoms with van der Waals surface area (Å²) in [7, 11) is 1.93. The average Bonchev–Trinajstić information content (AvgIpc) is 2.79. The van der Waals surface area contributed by atoms with Gasteiger partial charge >= 0.3 is 0 Å². The number of furan rings is 1. The van der Waals surface area contributed by atoms with Gasteiger partial charge in [-0.3, -0.25) is 0 Å². The normalized spacial score (nSPS) is 24.0. The molecule has 2 unspecified atom stereocenters. The largest absolute Gasteiger partial charge is 0.448 e. The second-order valence-corrected chi connectivity index (χ2v) is 3.90. The van der Waals surface area contributed by atoms with Crippen LogP contribution in [0.3, 0.4) is 0 Å². The second kappa shape index (κ2) is 4.34. The van der Waals surface area contributed by atoms with Crippen molar-refractivity contribution < 1.29 is 9.15 Å². The molecule has 4 heteroatoms. The van der Waals surface area contributed by atoms with E-state index in [9.17, 15) is 0 Å². The molecule has 0 saturated carbocycles. The molecule has 0 aliphatic carbocycles. The first-order chi connectivity index (χ1) is 6.81. The van der Waals surface area contributed by atoms with Gasteiger partial charge in [-0.05, 0) is 37.2 Å². The predicted octanol–water partition coefficient (Wildman–Crippen LogP) is 2.23. The lowest BCUT2D eigenvalue weighted by Crippen LogP contribution is -2.25. The minimum absolute atomic E-state index is 0.213. The smallest absolute Gasteiger partial charge is 0.193 e. The molecule has 1 aromatic heterocycles. The number of ether oxygens (including phenoxy) is 1. The molecule has 1 saturated heterocycles. The minimum atomic E-state index is 0.213. The summed E-state index contributed by atoms with van der Waals surface area (Å²) >= 11 is 5.74. The van der Waals surface area contributed by atoms with Crippen LogP contribution in [0.25, 0.3) is 0 Å². The SMILES string of the molecule is CNC(c1ccc(Cl)o1)C1CCOC1. The van der Waals surface area contributed by atoms with Crippen molar-refractivity contribution in [3.8, 4) is 0 Å². The van der Waals surface area contributed by atoms with Crippen LogP contribution in [-0.4, -0.2) is 20.3 Å². The van der Waals surface area contributed by atoms with E-state index in [1.165, 1.54) is 0 Å². The van der Waals surface area contributed by atoms with Crippen LogP contribution in [0.4, 0.5) is 0 Å². The average molecular weight is 216 g/mol. The van der Waals surface area contributed by atoms with Crippen LogP contribution in [0.5, 0.6) is 0 Å². The molecule has 2 rings (SSSR count). The molecule has 0 aromatic carbocycles. The van der Waals surface area contributed by atoms with Gasteiger partial charge in [0.05, 0.1) is 12.6 Å². The molecule has 1 N–H and O–H groups in total. The monoisotopic (exact) mass is 215 g/mol. The molecule has 0 radical (unpaired) electrons. The van der Waals surface area contributed by atoms with E-state index < -0.39 is 0 Å². The first-order valence-corrected chi connectivity index (χ1v) is 5.19. The van der Waals surface area contributed by atoms with Gasteiger partial charge in [0.25, 0.3) is 0 Å². The van der Waals surface area contributed by atoms with Gasteiger partial charge in [0.1, 0.15) is 5.76 Å². The molecule has 1 aliphatic heterocycles. The van der Waals surface area contributed by atoms with Crippen molar-refractivity contribution in [3.05, 3.63) is 23.1 Å². The maximum absolute atomic E-state index is 5.74. The number of hydrogen-bond acceptors (Lipinski definition) is 3. The lowest BCUT2D eigenvalue weighted by Gasteiger charge is -2.19. The van der Waals surface area contributed by atoms with Crippen molar-refractivity contribution in [3.63, 3.8) is 0 Å². The Morgan fingerprint density at radius 2 is 2.43 bits per heavy atom. The van der Waals surface area contributed by atoms with E-state index in [0.717, 1.165) is 25.4 Å². The maximum Gasteiger partial charge on any atom is 0.193 e. The Morgan fingerprint density at radius 3 is 2.93 bits per heavy atom. The molecule has 0 bridgehead atoms. The van der Waals surface area contributed by atoms with E-state index in [2.05, 4.69) is 5.32 Å². The van der Waals surface area contributed by atoms with E-state index in [0.29, 0.717) is 11.1 Å². The van der Waals surface area contributed by atoms with Crippen molar-refractivity contribution >= 4 is 11.6 Å². The fourth-order valence-electron chi connectivity index (χ4n) is 1.92. The van der Waals surface area contributed by atoms with Crippen LogP contribution in [0, 0.1) is 5.92 Å². The Hall–Kier alpha value is -0.510. The molecule has 3 nitrogen and oxygen atoms in total. The Morgan fingerprint density at radius 1 is 1.57 bits per heavy atom. The summed E-state index contributed by atoms with van der Waals surface area (Å²) < 4.78 is 10.7. The van der Waals surface area contributed by atoms with Gasteiger partial charge in [-0.25, -0.2) is 0 Å². The summed E-state index contributed by atoms with van der Waals surface area (Å²) in [5.41, 5.74) is 0. The predicted molar refractivity (Wildman–Crippen MR) is 54.4 cm³/mol. The van der Waals surface area contributed by atoms with Crippen molar-refractivity contribution in [1.82, 2.24) is 5.32 Å². The van der Waals surface area contributed by atoms with Crippen LogP contribution >= 0.6 is 11.6 Å². The van der Waals surface area contributed by atoms with Crippen LogP contribution in [0.2, 0.25) is 5.22 Å². The van der Waals surface area contributed by atoms with E-state index in [1.807, 2.05) is 13.1 Å². The zero-order valence-electron chi connectivity index (χ0n) is 8.13. The van der Waals surface area contributed by atoms with Gasteiger partial charge in [0, 0.05) is 12.5 Å². The zero-order valence-corrected chi connectivity index (χ0v) is 8.88. The van der Waals surface area contributed by atoms with E-state index in [1.54, 1.807) is 6.07 Å². The van der Waals surface area contributed by atoms with Crippen molar-refractivity contribution in [2.75, 3.05) is 20.3 Å². The standard InChI is InChI=1S/C10H14ClNO2/c1-12-10(7-4-5-13-6-7)8-2-3-9(11)14-8/h2-3,7,10,12H,4-6H2,1H3. The molecule has 1 aromatic rings. The number of rotatable bonds is 3. The van der Waals surface area contributed by atoms with E-state index in [-0.39, 0.29) is 6.04 Å². The van der Waals surface area contributed by atoms with Crippen molar-refractivity contribution in [2.45, 2.75) is 12.5 Å². The summed E-state index contributed by atoms with van der Waals surface area (Å²) in [6.45, 7) is 1.64. The number of hydrogen-bond donors (Lipinski definition) is 1. The van der Waals surface area contributed by atoms with Gasteiger partial charge < -0.3 is 14.5 Å². The molecule has 1 fully saturated rings. The van der Waals surface area contributed by atoms with E-state index >= 15 is 0 Å². The molecular weight excluding hydrogens is 202 g/mol. The van der Waals surface area contributed by atoms with Crippen LogP contribution in [-0.2, 0) is 4.74 Å². The van der Waals surface area contributed by atoms with Gasteiger partial charge in [-0.2, -0.15) is 0 Å². The summed E-state index contributed by atoms with van der Waals surface area (Å²) in [5.74, 6) is 1.38. The Balaban J connectivity index is 2.12. The molecular formula is C10H14ClNO2. The maximum atomic E-state index is 5.74. The van der Waals surface area contributed by atoms with Crippen molar-refractivity contribution in [1.29, 1.82) is 0 Å². The molecule has 0 amide bonds. The number of nitrogens with one attached hydrogen (secondary N) is 1. The summed E-state index contributed by atoms with van der Waals surface area (Å²) in [5, 5.41) is 3.68. The Bertz CT molecular complexity index is 294. The second-order valence-electron chi connectivity index (χ2n) is 3.53. The highest BCUT2D eigenvalue weighted by Crippen LogP contribution is 2.30. The lowest BCUT2D eigenvalue weighted by molar-refractivity contribution is 0.174. The molecule has 2 atom stereocenters. The lowest BCUT2D eigenvalue weighted by atomic mass is 9.97. The number of halogens is 1. The van der Waals surface area contributed by atoms with Gasteiger partial charge in [0.15, 0.2) is 5.22 Å². The van der Waals surface area contributed by atoms with Crippen LogP contribution in [0.15, 0.2) is 16.5 Å². The van der Waals surface area contributed by atoms with Crippen molar-refractivity contribution in [2.24, 2.45) is 5.92 Å². The van der Waals surface area contributed by atoms with Crippen LogP contribution in [0.1, 0.15) is 18.2 Å². The molecule has 1 aliphatic rings. The summed E-state index contributed by atoms with van der Waals surface area (Å²) in [6.07, 6.45) is 1.07. The fraction of sp³-hybridized carbons (Fsp3) is 0.600. The topological polar surface area (TPSA) is 34.4 Å². The molecule has 78 valence electrons. The first-order valence-electron chi connectivity index (χ1n) is 4.81. The summed E-state index contributed by atoms with van der Waals surface area (Å²) in [4.78, 5) is 0. The highest BCUT2D eigenvalue weighted by atomic mass is 35.5. The third-order valence-corrected chi connectivity index (χ3v) is 2.85.